The molecule has 0 heterocycles. The highest BCUT2D eigenvalue weighted by Gasteiger charge is 2.21. The molecule has 0 aromatic heterocycles. The second kappa shape index (κ2) is 6.78. The molecule has 1 atom stereocenters. The van der Waals surface area contributed by atoms with Gasteiger partial charge in [-0.2, -0.15) is 0 Å². The van der Waals surface area contributed by atoms with Crippen molar-refractivity contribution in [2.75, 3.05) is 0 Å². The first kappa shape index (κ1) is 15.8. The Kier molecular flexibility index (Phi) is 5.63. The summed E-state index contributed by atoms with van der Waals surface area (Å²) in [7, 11) is 0. The molecule has 0 saturated carbocycles. The van der Waals surface area contributed by atoms with Gasteiger partial charge in [-0.15, -0.1) is 0 Å². The molecule has 2 N–H and O–H groups in total. The van der Waals surface area contributed by atoms with Crippen molar-refractivity contribution in [1.82, 2.24) is 5.32 Å². The highest BCUT2D eigenvalue weighted by Crippen LogP contribution is 2.20. The molecule has 0 aliphatic carbocycles. The lowest BCUT2D eigenvalue weighted by molar-refractivity contribution is -0.142. The van der Waals surface area contributed by atoms with Crippen LogP contribution in [0.4, 0.5) is 0 Å². The van der Waals surface area contributed by atoms with E-state index in [0.717, 1.165) is 0 Å². The van der Waals surface area contributed by atoms with Crippen LogP contribution in [-0.4, -0.2) is 23.0 Å². The van der Waals surface area contributed by atoms with E-state index in [2.05, 4.69) is 5.32 Å². The van der Waals surface area contributed by atoms with E-state index in [1.807, 2.05) is 0 Å². The van der Waals surface area contributed by atoms with Gasteiger partial charge in [-0.1, -0.05) is 37.0 Å². The average Bonchev–Trinajstić information content (AvgIpc) is 2.26. The summed E-state index contributed by atoms with van der Waals surface area (Å²) in [5.41, 5.74) is 0.661. The molecule has 0 aliphatic rings. The lowest BCUT2D eigenvalue weighted by Gasteiger charge is -2.16. The van der Waals surface area contributed by atoms with Gasteiger partial charge in [0.1, 0.15) is 6.04 Å². The van der Waals surface area contributed by atoms with Crippen LogP contribution in [0.1, 0.15) is 19.4 Å². The number of hydrogen-bond acceptors (Lipinski definition) is 2. The Bertz CT molecular complexity index is 469. The Morgan fingerprint density at radius 2 is 1.74 bits per heavy atom. The van der Waals surface area contributed by atoms with Crippen molar-refractivity contribution < 1.29 is 14.7 Å². The molecular formula is C13H15Cl2NO3. The molecule has 0 aliphatic heterocycles. The predicted octanol–water partition coefficient (Wildman–Crippen LogP) is 2.76. The molecule has 0 fully saturated rings. The van der Waals surface area contributed by atoms with Gasteiger partial charge < -0.3 is 10.4 Å². The first-order chi connectivity index (χ1) is 8.79. The average molecular weight is 304 g/mol. The van der Waals surface area contributed by atoms with E-state index in [9.17, 15) is 9.59 Å². The smallest absolute Gasteiger partial charge is 0.326 e. The molecule has 4 nitrogen and oxygen atoms in total. The van der Waals surface area contributed by atoms with Gasteiger partial charge in [-0.05, 0) is 23.8 Å². The molecule has 0 spiro atoms. The molecule has 0 radical (unpaired) electrons. The van der Waals surface area contributed by atoms with E-state index in [4.69, 9.17) is 28.3 Å². The zero-order chi connectivity index (χ0) is 14.6. The van der Waals surface area contributed by atoms with Crippen LogP contribution in [0, 0.1) is 5.92 Å². The molecule has 104 valence electrons. The van der Waals surface area contributed by atoms with Crippen molar-refractivity contribution in [2.24, 2.45) is 5.92 Å². The number of amides is 1. The Balaban J connectivity index is 2.84. The molecule has 19 heavy (non-hydrogen) atoms. The first-order valence-corrected chi connectivity index (χ1v) is 6.53. The highest BCUT2D eigenvalue weighted by atomic mass is 35.5. The van der Waals surface area contributed by atoms with Crippen molar-refractivity contribution in [3.63, 3.8) is 0 Å². The van der Waals surface area contributed by atoms with E-state index in [-0.39, 0.29) is 18.2 Å². The van der Waals surface area contributed by atoms with Gasteiger partial charge in [0.25, 0.3) is 0 Å². The second-order valence-corrected chi connectivity index (χ2v) is 5.41. The zero-order valence-corrected chi connectivity index (χ0v) is 12.1. The van der Waals surface area contributed by atoms with Crippen molar-refractivity contribution in [3.05, 3.63) is 33.8 Å². The van der Waals surface area contributed by atoms with Crippen molar-refractivity contribution >= 4 is 35.1 Å². The van der Waals surface area contributed by atoms with Crippen LogP contribution in [0.5, 0.6) is 0 Å². The first-order valence-electron chi connectivity index (χ1n) is 5.77. The van der Waals surface area contributed by atoms with Gasteiger partial charge in [-0.3, -0.25) is 4.79 Å². The van der Waals surface area contributed by atoms with Gasteiger partial charge in [-0.25, -0.2) is 4.79 Å². The molecule has 1 rings (SSSR count). The fourth-order valence-electron chi connectivity index (χ4n) is 1.50. The number of benzene rings is 1. The van der Waals surface area contributed by atoms with Crippen molar-refractivity contribution in [3.8, 4) is 0 Å². The van der Waals surface area contributed by atoms with Crippen LogP contribution in [0.2, 0.25) is 10.0 Å². The maximum absolute atomic E-state index is 11.6. The van der Waals surface area contributed by atoms with E-state index in [1.54, 1.807) is 32.0 Å². The van der Waals surface area contributed by atoms with E-state index < -0.39 is 12.0 Å². The minimum atomic E-state index is -1.09. The number of aliphatic carboxylic acids is 1. The number of carboxylic acids is 1. The van der Waals surface area contributed by atoms with E-state index >= 15 is 0 Å². The summed E-state index contributed by atoms with van der Waals surface area (Å²) in [6.07, 6.45) is 0.133. The van der Waals surface area contributed by atoms with E-state index in [1.165, 1.54) is 0 Å². The Morgan fingerprint density at radius 1 is 1.21 bits per heavy atom. The minimum Gasteiger partial charge on any atom is -0.480 e. The number of carbonyl (C=O) groups is 2. The van der Waals surface area contributed by atoms with E-state index in [0.29, 0.717) is 15.6 Å². The topological polar surface area (TPSA) is 66.4 Å². The van der Waals surface area contributed by atoms with Crippen LogP contribution in [0.25, 0.3) is 0 Å². The Labute approximate surface area is 121 Å². The molecule has 6 heteroatoms. The lowest BCUT2D eigenvalue weighted by Crippen LogP contribution is -2.44. The normalized spacial score (nSPS) is 12.3. The highest BCUT2D eigenvalue weighted by molar-refractivity contribution is 6.34. The second-order valence-electron chi connectivity index (χ2n) is 4.54. The lowest BCUT2D eigenvalue weighted by atomic mass is 10.1. The van der Waals surface area contributed by atoms with Gasteiger partial charge in [0, 0.05) is 22.4 Å². The fraction of sp³-hybridized carbons (Fsp3) is 0.385. The Morgan fingerprint density at radius 3 is 2.16 bits per heavy atom. The minimum absolute atomic E-state index is 0.133. The summed E-state index contributed by atoms with van der Waals surface area (Å²) in [5.74, 6) is -1.67. The van der Waals surface area contributed by atoms with Gasteiger partial charge in [0.05, 0.1) is 0 Å². The van der Waals surface area contributed by atoms with Crippen molar-refractivity contribution in [1.29, 1.82) is 0 Å². The van der Waals surface area contributed by atoms with Gasteiger partial charge in [0.15, 0.2) is 0 Å². The van der Waals surface area contributed by atoms with Crippen molar-refractivity contribution in [2.45, 2.75) is 26.3 Å². The number of halogens is 2. The van der Waals surface area contributed by atoms with Crippen LogP contribution in [-0.2, 0) is 16.0 Å². The zero-order valence-electron chi connectivity index (χ0n) is 10.6. The monoisotopic (exact) mass is 303 g/mol. The molecule has 0 saturated heterocycles. The number of hydrogen-bond donors (Lipinski definition) is 2. The third-order valence-corrected chi connectivity index (χ3v) is 2.94. The Hall–Kier alpha value is -1.26. The summed E-state index contributed by atoms with van der Waals surface area (Å²) >= 11 is 11.7. The van der Waals surface area contributed by atoms with Crippen LogP contribution < -0.4 is 5.32 Å². The van der Waals surface area contributed by atoms with Crippen LogP contribution in [0.3, 0.4) is 0 Å². The summed E-state index contributed by atoms with van der Waals surface area (Å²) in [6, 6.07) is 3.83. The third-order valence-electron chi connectivity index (χ3n) is 2.50. The molecule has 1 aromatic rings. The number of carbonyl (C=O) groups excluding carboxylic acids is 1. The number of carboxylic acid groups (broad SMARTS) is 1. The number of rotatable bonds is 5. The quantitative estimate of drug-likeness (QED) is 0.879. The summed E-state index contributed by atoms with van der Waals surface area (Å²) in [4.78, 5) is 22.7. The summed E-state index contributed by atoms with van der Waals surface area (Å²) in [5, 5.41) is 12.5. The third kappa shape index (κ3) is 5.09. The van der Waals surface area contributed by atoms with Gasteiger partial charge in [0.2, 0.25) is 5.91 Å². The standard InChI is InChI=1S/C13H15Cl2NO3/c1-7(2)12(17)16-11(13(18)19)5-8-3-9(14)6-10(15)4-8/h3-4,6-7,11H,5H2,1-2H3,(H,16,17)(H,18,19). The molecule has 0 bridgehead atoms. The molecule has 1 unspecified atom stereocenters. The molecule has 1 amide bonds. The largest absolute Gasteiger partial charge is 0.480 e. The number of nitrogens with one attached hydrogen (secondary N) is 1. The maximum Gasteiger partial charge on any atom is 0.326 e. The van der Waals surface area contributed by atoms with Crippen LogP contribution >= 0.6 is 23.2 Å². The summed E-state index contributed by atoms with van der Waals surface area (Å²) < 4.78 is 0. The van der Waals surface area contributed by atoms with Crippen LogP contribution in [0.15, 0.2) is 18.2 Å². The molecule has 1 aromatic carbocycles. The predicted molar refractivity (Wildman–Crippen MR) is 74.6 cm³/mol. The SMILES string of the molecule is CC(C)C(=O)NC(Cc1cc(Cl)cc(Cl)c1)C(=O)O. The summed E-state index contributed by atoms with van der Waals surface area (Å²) in [6.45, 7) is 3.40. The molecular weight excluding hydrogens is 289 g/mol. The fourth-order valence-corrected chi connectivity index (χ4v) is 2.07. The van der Waals surface area contributed by atoms with Gasteiger partial charge >= 0.3 is 5.97 Å². The maximum atomic E-state index is 11.6.